The van der Waals surface area contributed by atoms with E-state index in [0.717, 1.165) is 43.9 Å². The van der Waals surface area contributed by atoms with Crippen molar-refractivity contribution in [3.8, 4) is 22.5 Å². The Kier molecular flexibility index (Phi) is 6.06. The van der Waals surface area contributed by atoms with E-state index in [9.17, 15) is 0 Å². The summed E-state index contributed by atoms with van der Waals surface area (Å²) in [6, 6.07) is 27.6. The van der Waals surface area contributed by atoms with Crippen molar-refractivity contribution < 1.29 is 32.7 Å². The molecule has 0 aliphatic rings. The first-order valence-corrected chi connectivity index (χ1v) is 13.3. The zero-order chi connectivity index (χ0) is 32.1. The molecule has 0 saturated heterocycles. The first-order valence-electron chi connectivity index (χ1n) is 15.5. The zero-order valence-electron chi connectivity index (χ0n) is 28.0. The van der Waals surface area contributed by atoms with E-state index in [0.29, 0.717) is 16.8 Å². The summed E-state index contributed by atoms with van der Waals surface area (Å²) in [5, 5.41) is 2.92. The maximum absolute atomic E-state index is 7.82. The van der Waals surface area contributed by atoms with Crippen molar-refractivity contribution in [3.63, 3.8) is 0 Å². The molecule has 4 heterocycles. The first-order chi connectivity index (χ1) is 21.3. The Morgan fingerprint density at radius 2 is 1.57 bits per heavy atom. The van der Waals surface area contributed by atoms with Crippen molar-refractivity contribution in [2.24, 2.45) is 0 Å². The average molecular weight is 723 g/mol. The minimum absolute atomic E-state index is 0. The van der Waals surface area contributed by atoms with Gasteiger partial charge in [0.15, 0.2) is 0 Å². The molecule has 0 spiro atoms. The van der Waals surface area contributed by atoms with Crippen molar-refractivity contribution in [2.75, 3.05) is 0 Å². The van der Waals surface area contributed by atoms with E-state index in [4.69, 9.17) is 12.6 Å². The number of pyridine rings is 2. The molecular weight excluding hydrogens is 689 g/mol. The molecule has 5 heteroatoms. The molecule has 7 rings (SSSR count). The molecule has 0 amide bonds. The van der Waals surface area contributed by atoms with Gasteiger partial charge in [-0.1, -0.05) is 53.8 Å². The molecule has 3 aromatic carbocycles. The number of aromatic nitrogens is 2. The van der Waals surface area contributed by atoms with Crippen molar-refractivity contribution in [3.05, 3.63) is 118 Å². The first kappa shape index (κ1) is 21.2. The summed E-state index contributed by atoms with van der Waals surface area (Å²) in [6.07, 6.45) is 3.00. The molecular formula is C35H28IrN2OS-2. The van der Waals surface area contributed by atoms with E-state index < -0.39 is 13.7 Å². The monoisotopic (exact) mass is 723 g/mol. The van der Waals surface area contributed by atoms with Crippen LogP contribution in [0.3, 0.4) is 0 Å². The molecule has 0 aliphatic heterocycles. The van der Waals surface area contributed by atoms with Crippen LogP contribution < -0.4 is 0 Å². The molecule has 40 heavy (non-hydrogen) atoms. The van der Waals surface area contributed by atoms with Crippen LogP contribution in [-0.4, -0.2) is 9.97 Å². The van der Waals surface area contributed by atoms with Gasteiger partial charge >= 0.3 is 0 Å². The van der Waals surface area contributed by atoms with E-state index in [1.54, 1.807) is 17.4 Å². The number of thiophene rings is 1. The molecule has 0 atom stereocenters. The predicted molar refractivity (Wildman–Crippen MR) is 163 cm³/mol. The van der Waals surface area contributed by atoms with Gasteiger partial charge in [-0.05, 0) is 61.5 Å². The van der Waals surface area contributed by atoms with Crippen LogP contribution in [0.4, 0.5) is 0 Å². The summed E-state index contributed by atoms with van der Waals surface area (Å²) in [4.78, 5) is 9.80. The number of nitrogens with zero attached hydrogens (tertiary/aromatic N) is 2. The van der Waals surface area contributed by atoms with E-state index in [2.05, 4.69) is 53.3 Å². The molecule has 0 aliphatic carbocycles. The van der Waals surface area contributed by atoms with Crippen molar-refractivity contribution in [1.82, 2.24) is 9.97 Å². The molecule has 0 fully saturated rings. The van der Waals surface area contributed by atoms with E-state index in [1.165, 1.54) is 22.1 Å². The fourth-order valence-electron chi connectivity index (χ4n) is 4.50. The topological polar surface area (TPSA) is 38.9 Å². The van der Waals surface area contributed by atoms with Crippen LogP contribution in [0.15, 0.2) is 83.5 Å². The van der Waals surface area contributed by atoms with Gasteiger partial charge in [0.25, 0.3) is 0 Å². The fourth-order valence-corrected chi connectivity index (χ4v) is 5.49. The van der Waals surface area contributed by atoms with E-state index in [1.807, 2.05) is 50.4 Å². The second-order valence-electron chi connectivity index (χ2n) is 9.53. The fraction of sp³-hybridized carbons (Fsp3) is 0.143. The number of aryl methyl sites for hydroxylation is 5. The van der Waals surface area contributed by atoms with Crippen LogP contribution in [0.25, 0.3) is 54.5 Å². The van der Waals surface area contributed by atoms with Gasteiger partial charge in [-0.2, -0.15) is 0 Å². The standard InChI is InChI=1S/C22H16NOS.C13H12N.Ir/c1-12-9-19(23-11-13(12)2)18-6-4-5-16-17-8-7-15-10-14(3)25-22(15)21(17)24-20(16)18;1-10-3-6-12(7-4-10)13-8-5-11(2)9-14-13;/h4-5,7-11H,1-3H3;3-6,8-9H,1-2H3;/q2*-1;/i1D3,2D3;;. The van der Waals surface area contributed by atoms with Crippen molar-refractivity contribution in [2.45, 2.75) is 34.5 Å². The minimum atomic E-state index is -2.59. The normalized spacial score (nSPS) is 13.8. The van der Waals surface area contributed by atoms with Crippen LogP contribution in [0.2, 0.25) is 0 Å². The third kappa shape index (κ3) is 5.38. The largest absolute Gasteiger partial charge is 0.499 e. The number of hydrogen-bond acceptors (Lipinski definition) is 4. The van der Waals surface area contributed by atoms with Crippen LogP contribution in [0, 0.1) is 46.6 Å². The molecule has 7 aromatic rings. The molecule has 0 N–H and O–H groups in total. The second-order valence-corrected chi connectivity index (χ2v) is 10.8. The van der Waals surface area contributed by atoms with Crippen LogP contribution in [0.1, 0.15) is 35.4 Å². The number of hydrogen-bond donors (Lipinski definition) is 0. The van der Waals surface area contributed by atoms with E-state index >= 15 is 0 Å². The van der Waals surface area contributed by atoms with Gasteiger partial charge in [-0.25, -0.2) is 0 Å². The van der Waals surface area contributed by atoms with Gasteiger partial charge in [-0.3, -0.25) is 0 Å². The van der Waals surface area contributed by atoms with E-state index in [-0.39, 0.29) is 31.2 Å². The quantitative estimate of drug-likeness (QED) is 0.167. The predicted octanol–water partition coefficient (Wildman–Crippen LogP) is 9.75. The summed E-state index contributed by atoms with van der Waals surface area (Å²) in [7, 11) is 0. The summed E-state index contributed by atoms with van der Waals surface area (Å²) >= 11 is 1.65. The molecule has 0 saturated carbocycles. The minimum Gasteiger partial charge on any atom is -0.499 e. The van der Waals surface area contributed by atoms with Gasteiger partial charge < -0.3 is 14.4 Å². The average Bonchev–Trinajstić information content (AvgIpc) is 3.57. The van der Waals surface area contributed by atoms with Crippen molar-refractivity contribution in [1.29, 1.82) is 0 Å². The number of benzene rings is 3. The van der Waals surface area contributed by atoms with Gasteiger partial charge in [0.2, 0.25) is 0 Å². The smallest absolute Gasteiger partial charge is 0.138 e. The zero-order valence-corrected chi connectivity index (χ0v) is 25.3. The molecule has 0 unspecified atom stereocenters. The van der Waals surface area contributed by atoms with Crippen LogP contribution in [0.5, 0.6) is 0 Å². The Morgan fingerprint density at radius 3 is 2.33 bits per heavy atom. The molecule has 1 radical (unpaired) electrons. The summed E-state index contributed by atoms with van der Waals surface area (Å²) in [5.74, 6) is 0. The third-order valence-corrected chi connectivity index (χ3v) is 7.59. The number of fused-ring (bicyclic) bond motifs is 5. The van der Waals surface area contributed by atoms with Crippen LogP contribution in [-0.2, 0) is 20.1 Å². The molecule has 201 valence electrons. The Labute approximate surface area is 260 Å². The number of rotatable bonds is 2. The van der Waals surface area contributed by atoms with Gasteiger partial charge in [0, 0.05) is 51.0 Å². The molecule has 3 nitrogen and oxygen atoms in total. The number of furan rings is 1. The Balaban J connectivity index is 0.000000234. The van der Waals surface area contributed by atoms with Gasteiger partial charge in [0.05, 0.1) is 10.3 Å². The SMILES string of the molecule is Cc1c[c-]c(-c2ccc(C)cn2)cc1.[2H]C([2H])([2H])c1cnc(-c2[c-]ccc3c2oc2c3ccc3cc(C)sc32)cc1C([2H])([2H])[2H].[Ir]. The maximum Gasteiger partial charge on any atom is 0.138 e. The van der Waals surface area contributed by atoms with Gasteiger partial charge in [0.1, 0.15) is 5.58 Å². The second kappa shape index (κ2) is 11.5. The maximum atomic E-state index is 7.82. The Morgan fingerprint density at radius 1 is 0.775 bits per heavy atom. The van der Waals surface area contributed by atoms with Crippen molar-refractivity contribution >= 4 is 43.4 Å². The Hall–Kier alpha value is -3.63. The molecule has 0 bridgehead atoms. The van der Waals surface area contributed by atoms with Crippen LogP contribution >= 0.6 is 11.3 Å². The Bertz CT molecular complexity index is 2120. The van der Waals surface area contributed by atoms with Gasteiger partial charge in [-0.15, -0.1) is 64.9 Å². The third-order valence-electron chi connectivity index (χ3n) is 6.52. The summed E-state index contributed by atoms with van der Waals surface area (Å²) < 4.78 is 53.8. The summed E-state index contributed by atoms with van der Waals surface area (Å²) in [6.45, 7) is 0.973. The summed E-state index contributed by atoms with van der Waals surface area (Å²) in [5.41, 5.74) is 6.04. The molecule has 4 aromatic heterocycles.